The minimum atomic E-state index is -1.70. The molecule has 0 N–H and O–H groups in total. The number of halogens is 4. The van der Waals surface area contributed by atoms with Gasteiger partial charge in [-0.05, 0) is 36.6 Å². The van der Waals surface area contributed by atoms with Gasteiger partial charge in [-0.2, -0.15) is 0 Å². The molecule has 3 unspecified atom stereocenters. The van der Waals surface area contributed by atoms with Crippen molar-refractivity contribution >= 4 is 13.2 Å². The van der Waals surface area contributed by atoms with E-state index in [1.165, 1.54) is 38.5 Å². The first kappa shape index (κ1) is 28.4. The summed E-state index contributed by atoms with van der Waals surface area (Å²) in [5.41, 5.74) is 0. The zero-order valence-electron chi connectivity index (χ0n) is 20.1. The fraction of sp³-hybridized carbons (Fsp3) is 0.769. The molecule has 0 saturated carbocycles. The highest BCUT2D eigenvalue weighted by atomic mass is 31.1. The van der Waals surface area contributed by atoms with E-state index in [4.69, 9.17) is 0 Å². The van der Waals surface area contributed by atoms with Gasteiger partial charge < -0.3 is 0 Å². The molecule has 5 heteroatoms. The Hall–Kier alpha value is -0.630. The van der Waals surface area contributed by atoms with Gasteiger partial charge in [-0.15, -0.1) is 0 Å². The van der Waals surface area contributed by atoms with Crippen molar-refractivity contribution in [2.45, 2.75) is 105 Å². The van der Waals surface area contributed by atoms with Crippen LogP contribution in [-0.2, 0) is 0 Å². The van der Waals surface area contributed by atoms with Crippen molar-refractivity contribution in [3.63, 3.8) is 0 Å². The van der Waals surface area contributed by atoms with Crippen LogP contribution in [0.2, 0.25) is 0 Å². The minimum Gasteiger partial charge on any atom is -0.204 e. The molecule has 3 atom stereocenters. The van der Waals surface area contributed by atoms with Gasteiger partial charge in [0, 0.05) is 5.30 Å². The van der Waals surface area contributed by atoms with E-state index in [9.17, 15) is 17.6 Å². The Morgan fingerprint density at radius 1 is 0.742 bits per heavy atom. The molecule has 0 aliphatic rings. The zero-order valence-corrected chi connectivity index (χ0v) is 21.0. The van der Waals surface area contributed by atoms with E-state index in [1.807, 2.05) is 0 Å². The van der Waals surface area contributed by atoms with E-state index in [1.54, 1.807) is 0 Å². The molecular weight excluding hydrogens is 419 g/mol. The molecule has 0 saturated heterocycles. The quantitative estimate of drug-likeness (QED) is 0.0711. The third kappa shape index (κ3) is 10.2. The van der Waals surface area contributed by atoms with E-state index < -0.39 is 31.2 Å². The summed E-state index contributed by atoms with van der Waals surface area (Å²) in [7, 11) is -1.05. The predicted molar refractivity (Wildman–Crippen MR) is 128 cm³/mol. The van der Waals surface area contributed by atoms with Crippen LogP contribution in [0.3, 0.4) is 0 Å². The summed E-state index contributed by atoms with van der Waals surface area (Å²) in [6.07, 6.45) is 15.3. The lowest BCUT2D eigenvalue weighted by Crippen LogP contribution is -2.19. The summed E-state index contributed by atoms with van der Waals surface area (Å²) in [4.78, 5) is 0. The second-order valence-corrected chi connectivity index (χ2v) is 11.5. The number of hydrogen-bond donors (Lipinski definition) is 0. The SMILES string of the molecule is CCCCCCCCCP(CC(C)CCC(CC)CCC)c1cc(F)c(F)c(F)c1F. The van der Waals surface area contributed by atoms with E-state index in [0.29, 0.717) is 11.8 Å². The molecule has 180 valence electrons. The summed E-state index contributed by atoms with van der Waals surface area (Å²) in [5.74, 6) is -4.76. The van der Waals surface area contributed by atoms with Gasteiger partial charge in [-0.3, -0.25) is 0 Å². The molecule has 0 amide bonds. The Balaban J connectivity index is 2.79. The molecule has 1 aromatic carbocycles. The number of unbranched alkanes of at least 4 members (excludes halogenated alkanes) is 6. The van der Waals surface area contributed by atoms with E-state index in [0.717, 1.165) is 56.9 Å². The lowest BCUT2D eigenvalue weighted by atomic mass is 9.92. The molecular formula is C26H43F4P. The van der Waals surface area contributed by atoms with Gasteiger partial charge in [0.05, 0.1) is 0 Å². The summed E-state index contributed by atoms with van der Waals surface area (Å²) in [6.45, 7) is 8.77. The van der Waals surface area contributed by atoms with Crippen LogP contribution in [0.5, 0.6) is 0 Å². The topological polar surface area (TPSA) is 0 Å². The fourth-order valence-electron chi connectivity index (χ4n) is 4.31. The minimum absolute atomic E-state index is 0.0739. The molecule has 0 aliphatic carbocycles. The Morgan fingerprint density at radius 3 is 2.00 bits per heavy atom. The molecule has 0 aromatic heterocycles. The summed E-state index contributed by atoms with van der Waals surface area (Å²) < 4.78 is 55.9. The van der Waals surface area contributed by atoms with E-state index in [-0.39, 0.29) is 5.30 Å². The number of rotatable bonds is 17. The molecule has 0 heterocycles. The van der Waals surface area contributed by atoms with Crippen LogP contribution >= 0.6 is 7.92 Å². The smallest absolute Gasteiger partial charge is 0.198 e. The second-order valence-electron chi connectivity index (χ2n) is 9.13. The van der Waals surface area contributed by atoms with Crippen LogP contribution in [-0.4, -0.2) is 12.3 Å². The molecule has 0 radical (unpaired) electrons. The lowest BCUT2D eigenvalue weighted by molar-refractivity contribution is 0.389. The molecule has 31 heavy (non-hydrogen) atoms. The third-order valence-corrected chi connectivity index (χ3v) is 9.26. The van der Waals surface area contributed by atoms with Gasteiger partial charge in [-0.25, -0.2) is 17.6 Å². The zero-order chi connectivity index (χ0) is 23.2. The fourth-order valence-corrected chi connectivity index (χ4v) is 7.14. The lowest BCUT2D eigenvalue weighted by Gasteiger charge is -2.24. The van der Waals surface area contributed by atoms with Gasteiger partial charge in [0.1, 0.15) is 0 Å². The first-order chi connectivity index (χ1) is 14.8. The first-order valence-electron chi connectivity index (χ1n) is 12.4. The van der Waals surface area contributed by atoms with Crippen LogP contribution in [0.4, 0.5) is 17.6 Å². The Labute approximate surface area is 189 Å². The highest BCUT2D eigenvalue weighted by Gasteiger charge is 2.25. The Morgan fingerprint density at radius 2 is 1.39 bits per heavy atom. The molecule has 1 aromatic rings. The summed E-state index contributed by atoms with van der Waals surface area (Å²) >= 11 is 0. The normalized spacial score (nSPS) is 14.6. The van der Waals surface area contributed by atoms with E-state index in [2.05, 4.69) is 27.7 Å². The van der Waals surface area contributed by atoms with Gasteiger partial charge in [-0.1, -0.05) is 106 Å². The maximum atomic E-state index is 14.6. The highest BCUT2D eigenvalue weighted by Crippen LogP contribution is 2.41. The van der Waals surface area contributed by atoms with Crippen LogP contribution in [0, 0.1) is 35.1 Å². The third-order valence-electron chi connectivity index (χ3n) is 6.33. The van der Waals surface area contributed by atoms with Crippen LogP contribution in [0.25, 0.3) is 0 Å². The van der Waals surface area contributed by atoms with Crippen molar-refractivity contribution in [3.05, 3.63) is 29.3 Å². The van der Waals surface area contributed by atoms with Crippen molar-refractivity contribution in [1.82, 2.24) is 0 Å². The van der Waals surface area contributed by atoms with Gasteiger partial charge in [0.15, 0.2) is 23.3 Å². The van der Waals surface area contributed by atoms with Crippen molar-refractivity contribution in [2.24, 2.45) is 11.8 Å². The van der Waals surface area contributed by atoms with Gasteiger partial charge in [0.2, 0.25) is 0 Å². The largest absolute Gasteiger partial charge is 0.204 e. The average Bonchev–Trinajstić information content (AvgIpc) is 2.76. The van der Waals surface area contributed by atoms with Crippen LogP contribution in [0.1, 0.15) is 105 Å². The molecule has 0 spiro atoms. The predicted octanol–water partition coefficient (Wildman–Crippen LogP) is 9.34. The monoisotopic (exact) mass is 462 g/mol. The first-order valence-corrected chi connectivity index (χ1v) is 14.1. The maximum absolute atomic E-state index is 14.6. The van der Waals surface area contributed by atoms with Crippen LogP contribution in [0.15, 0.2) is 6.07 Å². The van der Waals surface area contributed by atoms with E-state index >= 15 is 0 Å². The van der Waals surface area contributed by atoms with Crippen molar-refractivity contribution < 1.29 is 17.6 Å². The Bertz CT molecular complexity index is 620. The van der Waals surface area contributed by atoms with Gasteiger partial charge >= 0.3 is 0 Å². The maximum Gasteiger partial charge on any atom is 0.198 e. The summed E-state index contributed by atoms with van der Waals surface area (Å²) in [5, 5.41) is 0.0739. The summed E-state index contributed by atoms with van der Waals surface area (Å²) in [6, 6.07) is 0.916. The second kappa shape index (κ2) is 16.1. The van der Waals surface area contributed by atoms with Crippen molar-refractivity contribution in [2.75, 3.05) is 12.3 Å². The number of hydrogen-bond acceptors (Lipinski definition) is 0. The van der Waals surface area contributed by atoms with Gasteiger partial charge in [0.25, 0.3) is 0 Å². The number of benzene rings is 1. The van der Waals surface area contributed by atoms with Crippen LogP contribution < -0.4 is 5.30 Å². The van der Waals surface area contributed by atoms with Crippen molar-refractivity contribution in [1.29, 1.82) is 0 Å². The van der Waals surface area contributed by atoms with Crippen molar-refractivity contribution in [3.8, 4) is 0 Å². The highest BCUT2D eigenvalue weighted by molar-refractivity contribution is 7.65. The standard InChI is InChI=1S/C26H43F4P/c1-5-8-9-10-11-12-13-17-31(19-20(4)15-16-21(7-3)14-6-2)23-18-22(27)24(28)26(30)25(23)29/h18,20-21H,5-17,19H2,1-4H3. The molecule has 0 aliphatic heterocycles. The molecule has 0 bridgehead atoms. The average molecular weight is 463 g/mol. The Kier molecular flexibility index (Phi) is 14.7. The molecule has 0 fully saturated rings. The molecule has 1 rings (SSSR count). The molecule has 0 nitrogen and oxygen atoms in total.